The first-order valence-corrected chi connectivity index (χ1v) is 11.6. The van der Waals surface area contributed by atoms with Gasteiger partial charge < -0.3 is 9.42 Å². The maximum atomic E-state index is 13.2. The van der Waals surface area contributed by atoms with Crippen molar-refractivity contribution in [3.8, 4) is 10.7 Å². The van der Waals surface area contributed by atoms with E-state index in [1.807, 2.05) is 0 Å². The summed E-state index contributed by atoms with van der Waals surface area (Å²) in [6.45, 7) is 2.93. The zero-order chi connectivity index (χ0) is 21.5. The van der Waals surface area contributed by atoms with Gasteiger partial charge in [0.2, 0.25) is 5.82 Å². The number of hydrogen-bond donors (Lipinski definition) is 1. The lowest BCUT2D eigenvalue weighted by Crippen LogP contribution is -2.27. The van der Waals surface area contributed by atoms with Gasteiger partial charge in [-0.3, -0.25) is 9.52 Å². The number of hydrogen-bond acceptors (Lipinski definition) is 7. The number of sulfonamides is 1. The summed E-state index contributed by atoms with van der Waals surface area (Å²) in [7, 11) is -4.00. The summed E-state index contributed by atoms with van der Waals surface area (Å²) < 4.78 is 46.3. The number of nitrogens with zero attached hydrogens (tertiary/aromatic N) is 3. The normalized spacial score (nSPS) is 14.3. The van der Waals surface area contributed by atoms with E-state index in [2.05, 4.69) is 14.9 Å². The Morgan fingerprint density at radius 1 is 1.30 bits per heavy atom. The summed E-state index contributed by atoms with van der Waals surface area (Å²) in [6.07, 6.45) is 1.87. The van der Waals surface area contributed by atoms with E-state index in [1.165, 1.54) is 12.1 Å². The van der Waals surface area contributed by atoms with Gasteiger partial charge in [-0.25, -0.2) is 12.8 Å². The fourth-order valence-corrected chi connectivity index (χ4v) is 5.95. The van der Waals surface area contributed by atoms with Crippen molar-refractivity contribution in [2.24, 2.45) is 0 Å². The molecule has 0 unspecified atom stereocenters. The fourth-order valence-electron chi connectivity index (χ4n) is 3.08. The number of nitrogens with one attached hydrogen (secondary N) is 1. The predicted molar refractivity (Wildman–Crippen MR) is 110 cm³/mol. The van der Waals surface area contributed by atoms with E-state index in [-0.39, 0.29) is 33.2 Å². The van der Waals surface area contributed by atoms with Gasteiger partial charge in [0.15, 0.2) is 0 Å². The Balaban J connectivity index is 1.59. The lowest BCUT2D eigenvalue weighted by atomic mass is 10.3. The Morgan fingerprint density at radius 2 is 2.03 bits per heavy atom. The van der Waals surface area contributed by atoms with E-state index in [1.54, 1.807) is 11.8 Å². The van der Waals surface area contributed by atoms with Crippen LogP contribution in [0.3, 0.4) is 0 Å². The van der Waals surface area contributed by atoms with Crippen LogP contribution in [0, 0.1) is 12.7 Å². The number of rotatable bonds is 5. The van der Waals surface area contributed by atoms with Gasteiger partial charge >= 0.3 is 11.8 Å². The van der Waals surface area contributed by atoms with Crippen LogP contribution in [-0.2, 0) is 10.0 Å². The Labute approximate surface area is 180 Å². The lowest BCUT2D eigenvalue weighted by Gasteiger charge is -2.10. The minimum absolute atomic E-state index is 0.000103. The molecule has 0 bridgehead atoms. The van der Waals surface area contributed by atoms with Crippen LogP contribution in [0.1, 0.15) is 28.4 Å². The molecule has 0 atom stereocenters. The van der Waals surface area contributed by atoms with Gasteiger partial charge in [0.25, 0.3) is 10.0 Å². The highest BCUT2D eigenvalue weighted by molar-refractivity contribution is 7.93. The molecule has 1 amide bonds. The monoisotopic (exact) mass is 470 g/mol. The van der Waals surface area contributed by atoms with Crippen LogP contribution in [0.4, 0.5) is 10.1 Å². The molecule has 1 saturated heterocycles. The molecule has 0 aliphatic carbocycles. The van der Waals surface area contributed by atoms with Crippen LogP contribution in [-0.4, -0.2) is 42.5 Å². The maximum absolute atomic E-state index is 13.2. The molecule has 1 aliphatic heterocycles. The zero-order valence-electron chi connectivity index (χ0n) is 15.7. The number of anilines is 1. The highest BCUT2D eigenvalue weighted by atomic mass is 35.5. The molecule has 158 valence electrons. The highest BCUT2D eigenvalue weighted by Gasteiger charge is 2.27. The van der Waals surface area contributed by atoms with E-state index in [4.69, 9.17) is 16.1 Å². The number of likely N-dealkylation sites (tertiary alicyclic amines) is 1. The molecular formula is C18H16ClFN4O4S2. The summed E-state index contributed by atoms with van der Waals surface area (Å²) in [5, 5.41) is 3.76. The molecule has 3 heterocycles. The van der Waals surface area contributed by atoms with Gasteiger partial charge in [0, 0.05) is 18.0 Å². The van der Waals surface area contributed by atoms with E-state index in [9.17, 15) is 17.6 Å². The van der Waals surface area contributed by atoms with Gasteiger partial charge in [-0.1, -0.05) is 16.8 Å². The summed E-state index contributed by atoms with van der Waals surface area (Å²) in [5.74, 6) is -0.904. The fraction of sp³-hybridized carbons (Fsp3) is 0.278. The van der Waals surface area contributed by atoms with Crippen molar-refractivity contribution in [2.45, 2.75) is 24.7 Å². The van der Waals surface area contributed by atoms with E-state index in [0.29, 0.717) is 22.8 Å². The van der Waals surface area contributed by atoms with Crippen molar-refractivity contribution < 1.29 is 22.1 Å². The molecule has 1 N–H and O–H groups in total. The van der Waals surface area contributed by atoms with Gasteiger partial charge in [-0.05, 0) is 44.0 Å². The molecule has 30 heavy (non-hydrogen) atoms. The van der Waals surface area contributed by atoms with Crippen LogP contribution < -0.4 is 4.72 Å². The largest absolute Gasteiger partial charge is 0.334 e. The minimum atomic E-state index is -4.00. The molecular weight excluding hydrogens is 455 g/mol. The molecule has 0 saturated carbocycles. The Hall–Kier alpha value is -2.50. The highest BCUT2D eigenvalue weighted by Crippen LogP contribution is 2.34. The second-order valence-corrected chi connectivity index (χ2v) is 10.00. The third-order valence-corrected chi connectivity index (χ3v) is 7.54. The van der Waals surface area contributed by atoms with Crippen molar-refractivity contribution in [1.29, 1.82) is 0 Å². The van der Waals surface area contributed by atoms with Crippen LogP contribution in [0.15, 0.2) is 33.7 Å². The Bertz CT molecular complexity index is 1220. The topological polar surface area (TPSA) is 105 Å². The van der Waals surface area contributed by atoms with Crippen molar-refractivity contribution in [2.75, 3.05) is 17.8 Å². The average Bonchev–Trinajstić information content (AvgIpc) is 3.43. The number of carbonyl (C=O) groups excluding carboxylic acids is 1. The van der Waals surface area contributed by atoms with Gasteiger partial charge in [-0.15, -0.1) is 11.3 Å². The second kappa shape index (κ2) is 7.97. The van der Waals surface area contributed by atoms with E-state index >= 15 is 0 Å². The molecule has 1 aromatic carbocycles. The molecule has 1 aliphatic rings. The molecule has 12 heteroatoms. The maximum Gasteiger partial charge on any atom is 0.316 e. The minimum Gasteiger partial charge on any atom is -0.334 e. The van der Waals surface area contributed by atoms with Crippen LogP contribution in [0.2, 0.25) is 5.02 Å². The number of thiophene rings is 1. The third kappa shape index (κ3) is 4.05. The summed E-state index contributed by atoms with van der Waals surface area (Å²) >= 11 is 7.06. The van der Waals surface area contributed by atoms with Gasteiger partial charge in [-0.2, -0.15) is 4.98 Å². The van der Waals surface area contributed by atoms with E-state index < -0.39 is 15.8 Å². The first-order chi connectivity index (χ1) is 14.2. The predicted octanol–water partition coefficient (Wildman–Crippen LogP) is 3.94. The number of benzene rings is 1. The number of halogens is 2. The molecule has 4 rings (SSSR count). The average molecular weight is 471 g/mol. The Morgan fingerprint density at radius 3 is 2.73 bits per heavy atom. The molecule has 1 fully saturated rings. The molecule has 0 spiro atoms. The third-order valence-electron chi connectivity index (χ3n) is 4.56. The van der Waals surface area contributed by atoms with Crippen LogP contribution >= 0.6 is 22.9 Å². The van der Waals surface area contributed by atoms with Crippen LogP contribution in [0.5, 0.6) is 0 Å². The first-order valence-electron chi connectivity index (χ1n) is 8.96. The molecule has 3 aromatic rings. The van der Waals surface area contributed by atoms with Crippen molar-refractivity contribution in [1.82, 2.24) is 15.0 Å². The standard InChI is InChI=1S/C18H16ClFN4O4S2/c1-10-15(30(26,27)23-13-5-4-11(20)8-12(13)19)9-14(29-10)16-21-17(28-22-16)18(25)24-6-2-3-7-24/h4-5,8-9,23H,2-3,6-7H2,1H3. The lowest BCUT2D eigenvalue weighted by molar-refractivity contribution is 0.0743. The zero-order valence-corrected chi connectivity index (χ0v) is 18.1. The molecule has 0 radical (unpaired) electrons. The van der Waals surface area contributed by atoms with Crippen LogP contribution in [0.25, 0.3) is 10.7 Å². The summed E-state index contributed by atoms with van der Waals surface area (Å²) in [4.78, 5) is 19.1. The Kier molecular flexibility index (Phi) is 5.51. The van der Waals surface area contributed by atoms with Gasteiger partial charge in [0.05, 0.1) is 15.6 Å². The molecule has 8 nitrogen and oxygen atoms in total. The second-order valence-electron chi connectivity index (χ2n) is 6.68. The van der Waals surface area contributed by atoms with Gasteiger partial charge in [0.1, 0.15) is 10.7 Å². The first kappa shape index (κ1) is 20.8. The summed E-state index contributed by atoms with van der Waals surface area (Å²) in [5.41, 5.74) is 0.0586. The van der Waals surface area contributed by atoms with Crippen molar-refractivity contribution in [3.05, 3.63) is 45.9 Å². The van der Waals surface area contributed by atoms with Crippen molar-refractivity contribution in [3.63, 3.8) is 0 Å². The van der Waals surface area contributed by atoms with Crippen molar-refractivity contribution >= 4 is 44.6 Å². The molecule has 2 aromatic heterocycles. The quantitative estimate of drug-likeness (QED) is 0.605. The number of aryl methyl sites for hydroxylation is 1. The number of amides is 1. The SMILES string of the molecule is Cc1sc(-c2noc(C(=O)N3CCCC3)n2)cc1S(=O)(=O)Nc1ccc(F)cc1Cl. The smallest absolute Gasteiger partial charge is 0.316 e. The number of carbonyl (C=O) groups is 1. The number of aromatic nitrogens is 2. The summed E-state index contributed by atoms with van der Waals surface area (Å²) in [6, 6.07) is 4.76. The van der Waals surface area contributed by atoms with E-state index in [0.717, 1.165) is 36.3 Å².